The van der Waals surface area contributed by atoms with Crippen molar-refractivity contribution in [1.82, 2.24) is 10.6 Å². The van der Waals surface area contributed by atoms with E-state index in [0.29, 0.717) is 17.6 Å². The topological polar surface area (TPSA) is 76.9 Å². The van der Waals surface area contributed by atoms with Crippen LogP contribution in [0.5, 0.6) is 5.75 Å². The van der Waals surface area contributed by atoms with Crippen molar-refractivity contribution in [2.75, 3.05) is 26.2 Å². The Labute approximate surface area is 175 Å². The summed E-state index contributed by atoms with van der Waals surface area (Å²) in [4.78, 5) is 4.69. The molecule has 150 valence electrons. The summed E-state index contributed by atoms with van der Waals surface area (Å²) in [7, 11) is 0. The lowest BCUT2D eigenvalue weighted by molar-refractivity contribution is 0.245. The van der Waals surface area contributed by atoms with Gasteiger partial charge >= 0.3 is 0 Å². The molecule has 5 nitrogen and oxygen atoms in total. The number of phenols is 1. The fourth-order valence-electron chi connectivity index (χ4n) is 2.86. The molecule has 1 aromatic rings. The summed E-state index contributed by atoms with van der Waals surface area (Å²) in [6, 6.07) is 7.37. The number of aliphatic imine (C=N–C) groups is 1. The minimum atomic E-state index is 0. The lowest BCUT2D eigenvalue weighted by Crippen LogP contribution is -2.38. The van der Waals surface area contributed by atoms with Gasteiger partial charge in [-0.1, -0.05) is 26.0 Å². The first-order valence-corrected chi connectivity index (χ1v) is 9.46. The minimum absolute atomic E-state index is 0. The Bertz CT molecular complexity index is 492. The van der Waals surface area contributed by atoms with E-state index in [9.17, 15) is 10.2 Å². The number of nitrogens with zero attached hydrogens (tertiary/aromatic N) is 1. The third-order valence-corrected chi connectivity index (χ3v) is 4.06. The summed E-state index contributed by atoms with van der Waals surface area (Å²) in [6.07, 6.45) is 3.86. The second-order valence-corrected chi connectivity index (χ2v) is 6.92. The van der Waals surface area contributed by atoms with Gasteiger partial charge in [0.2, 0.25) is 0 Å². The Morgan fingerprint density at radius 3 is 2.42 bits per heavy atom. The lowest BCUT2D eigenvalue weighted by atomic mass is 9.94. The Morgan fingerprint density at radius 1 is 1.15 bits per heavy atom. The van der Waals surface area contributed by atoms with Gasteiger partial charge < -0.3 is 20.8 Å². The van der Waals surface area contributed by atoms with Crippen LogP contribution in [-0.2, 0) is 6.42 Å². The number of halogens is 1. The summed E-state index contributed by atoms with van der Waals surface area (Å²) < 4.78 is 0. The van der Waals surface area contributed by atoms with Gasteiger partial charge in [0, 0.05) is 26.2 Å². The second-order valence-electron chi connectivity index (χ2n) is 6.92. The van der Waals surface area contributed by atoms with Crippen molar-refractivity contribution >= 4 is 29.9 Å². The zero-order valence-electron chi connectivity index (χ0n) is 16.4. The van der Waals surface area contributed by atoms with Crippen LogP contribution in [0.15, 0.2) is 29.3 Å². The first-order chi connectivity index (χ1) is 12.0. The highest BCUT2D eigenvalue weighted by Gasteiger charge is 2.10. The van der Waals surface area contributed by atoms with Gasteiger partial charge in [-0.15, -0.1) is 24.0 Å². The predicted molar refractivity (Wildman–Crippen MR) is 120 cm³/mol. The van der Waals surface area contributed by atoms with Crippen molar-refractivity contribution in [2.45, 2.75) is 46.5 Å². The van der Waals surface area contributed by atoms with Crippen LogP contribution in [0, 0.1) is 11.8 Å². The van der Waals surface area contributed by atoms with Gasteiger partial charge in [-0.2, -0.15) is 0 Å². The van der Waals surface area contributed by atoms with Gasteiger partial charge in [0.25, 0.3) is 0 Å². The third kappa shape index (κ3) is 11.6. The molecule has 1 rings (SSSR count). The van der Waals surface area contributed by atoms with E-state index in [2.05, 4.69) is 31.4 Å². The molecule has 0 aliphatic heterocycles. The van der Waals surface area contributed by atoms with E-state index in [4.69, 9.17) is 4.99 Å². The zero-order chi connectivity index (χ0) is 18.5. The number of aliphatic hydroxyl groups is 1. The number of hydrogen-bond donors (Lipinski definition) is 4. The van der Waals surface area contributed by atoms with Crippen LogP contribution in [0.25, 0.3) is 0 Å². The molecule has 0 aromatic heterocycles. The largest absolute Gasteiger partial charge is 0.508 e. The standard InChI is InChI=1S/C20H35N3O2.HI/c1-4-21-20(23-15-18(11-13-24)14-16(2)3)22-12-5-6-17-7-9-19(25)10-8-17;/h7-10,16,18,24-25H,4-6,11-15H2,1-3H3,(H2,21,22,23);1H. The zero-order valence-corrected chi connectivity index (χ0v) is 18.7. The molecule has 1 aromatic carbocycles. The van der Waals surface area contributed by atoms with Gasteiger partial charge in [-0.05, 0) is 62.1 Å². The predicted octanol–water partition coefficient (Wildman–Crippen LogP) is 3.54. The first-order valence-electron chi connectivity index (χ1n) is 9.46. The van der Waals surface area contributed by atoms with Gasteiger partial charge in [0.05, 0.1) is 0 Å². The highest BCUT2D eigenvalue weighted by Crippen LogP contribution is 2.15. The molecule has 0 saturated carbocycles. The van der Waals surface area contributed by atoms with Crippen molar-refractivity contribution in [3.63, 3.8) is 0 Å². The van der Waals surface area contributed by atoms with Gasteiger partial charge in [0.15, 0.2) is 5.96 Å². The van der Waals surface area contributed by atoms with Crippen molar-refractivity contribution in [3.05, 3.63) is 29.8 Å². The Hall–Kier alpha value is -1.02. The van der Waals surface area contributed by atoms with Crippen LogP contribution in [0.2, 0.25) is 0 Å². The highest BCUT2D eigenvalue weighted by atomic mass is 127. The fourth-order valence-corrected chi connectivity index (χ4v) is 2.86. The van der Waals surface area contributed by atoms with Gasteiger partial charge in [-0.3, -0.25) is 4.99 Å². The molecule has 1 unspecified atom stereocenters. The van der Waals surface area contributed by atoms with Crippen molar-refractivity contribution in [3.8, 4) is 5.75 Å². The molecule has 1 atom stereocenters. The van der Waals surface area contributed by atoms with Crippen molar-refractivity contribution < 1.29 is 10.2 Å². The maximum Gasteiger partial charge on any atom is 0.191 e. The van der Waals surface area contributed by atoms with E-state index in [-0.39, 0.29) is 30.6 Å². The van der Waals surface area contributed by atoms with E-state index in [1.807, 2.05) is 12.1 Å². The number of hydrogen-bond acceptors (Lipinski definition) is 3. The molecule has 0 radical (unpaired) electrons. The number of aromatic hydroxyl groups is 1. The van der Waals surface area contributed by atoms with Crippen molar-refractivity contribution in [2.24, 2.45) is 16.8 Å². The molecule has 0 amide bonds. The van der Waals surface area contributed by atoms with Crippen LogP contribution in [-0.4, -0.2) is 42.4 Å². The molecule has 4 N–H and O–H groups in total. The molecular formula is C20H36IN3O2. The lowest BCUT2D eigenvalue weighted by Gasteiger charge is -2.17. The van der Waals surface area contributed by atoms with Crippen LogP contribution < -0.4 is 10.6 Å². The SMILES string of the molecule is CCNC(=NCC(CCO)CC(C)C)NCCCc1ccc(O)cc1.I. The number of guanidine groups is 1. The molecular weight excluding hydrogens is 441 g/mol. The summed E-state index contributed by atoms with van der Waals surface area (Å²) in [5.41, 5.74) is 1.22. The summed E-state index contributed by atoms with van der Waals surface area (Å²) in [5, 5.41) is 25.2. The molecule has 0 aliphatic carbocycles. The van der Waals surface area contributed by atoms with Crippen LogP contribution >= 0.6 is 24.0 Å². The first kappa shape index (κ1) is 25.0. The molecule has 26 heavy (non-hydrogen) atoms. The van der Waals surface area contributed by atoms with E-state index < -0.39 is 0 Å². The maximum absolute atomic E-state index is 9.30. The van der Waals surface area contributed by atoms with Gasteiger partial charge in [-0.25, -0.2) is 0 Å². The average Bonchev–Trinajstić information content (AvgIpc) is 2.57. The number of aliphatic hydroxyl groups excluding tert-OH is 1. The number of benzene rings is 1. The smallest absolute Gasteiger partial charge is 0.191 e. The molecule has 0 bridgehead atoms. The number of phenolic OH excluding ortho intramolecular Hbond substituents is 1. The van der Waals surface area contributed by atoms with E-state index in [0.717, 1.165) is 51.3 Å². The molecule has 6 heteroatoms. The average molecular weight is 477 g/mol. The summed E-state index contributed by atoms with van der Waals surface area (Å²) in [6.45, 7) is 9.13. The molecule has 0 heterocycles. The fraction of sp³-hybridized carbons (Fsp3) is 0.650. The van der Waals surface area contributed by atoms with Crippen LogP contribution in [0.1, 0.15) is 45.6 Å². The number of nitrogens with one attached hydrogen (secondary N) is 2. The highest BCUT2D eigenvalue weighted by molar-refractivity contribution is 14.0. The van der Waals surface area contributed by atoms with Crippen LogP contribution in [0.3, 0.4) is 0 Å². The van der Waals surface area contributed by atoms with Gasteiger partial charge in [0.1, 0.15) is 5.75 Å². The molecule has 0 aliphatic rings. The Balaban J connectivity index is 0.00000625. The second kappa shape index (κ2) is 15.1. The normalized spacial score (nSPS) is 12.6. The monoisotopic (exact) mass is 477 g/mol. The number of rotatable bonds is 11. The minimum Gasteiger partial charge on any atom is -0.508 e. The van der Waals surface area contributed by atoms with Crippen molar-refractivity contribution in [1.29, 1.82) is 0 Å². The van der Waals surface area contributed by atoms with Crippen LogP contribution in [0.4, 0.5) is 0 Å². The summed E-state index contributed by atoms with van der Waals surface area (Å²) >= 11 is 0. The van der Waals surface area contributed by atoms with E-state index in [1.165, 1.54) is 5.56 Å². The Morgan fingerprint density at radius 2 is 1.85 bits per heavy atom. The Kier molecular flexibility index (Phi) is 14.5. The van der Waals surface area contributed by atoms with E-state index in [1.54, 1.807) is 12.1 Å². The maximum atomic E-state index is 9.30. The quantitative estimate of drug-likeness (QED) is 0.170. The summed E-state index contributed by atoms with van der Waals surface area (Å²) in [5.74, 6) is 2.20. The number of aryl methyl sites for hydroxylation is 1. The molecule has 0 fully saturated rings. The van der Waals surface area contributed by atoms with E-state index >= 15 is 0 Å². The molecule has 0 saturated heterocycles. The third-order valence-electron chi connectivity index (χ3n) is 4.06. The molecule has 0 spiro atoms.